The Balaban J connectivity index is 2.85. The van der Waals surface area contributed by atoms with E-state index in [4.69, 9.17) is 11.5 Å². The maximum absolute atomic E-state index is 5.34. The molecule has 0 amide bonds. The van der Waals surface area contributed by atoms with E-state index in [0.717, 1.165) is 11.4 Å². The van der Waals surface area contributed by atoms with Crippen molar-refractivity contribution in [2.45, 2.75) is 13.1 Å². The molecule has 5 N–H and O–H groups in total. The average Bonchev–Trinajstić information content (AvgIpc) is 2.33. The predicted octanol–water partition coefficient (Wildman–Crippen LogP) is -0.673. The van der Waals surface area contributed by atoms with Crippen molar-refractivity contribution in [3.05, 3.63) is 17.7 Å². The standard InChI is InChI=1S/C5H10N4/c6-1-4-5(2-7)9-3-8-4/h3H,1-2,6-7H2,(H,8,9). The zero-order chi connectivity index (χ0) is 6.69. The van der Waals surface area contributed by atoms with Gasteiger partial charge in [0.1, 0.15) is 0 Å². The Hall–Kier alpha value is -0.870. The molecule has 0 saturated carbocycles. The first kappa shape index (κ1) is 6.25. The Bertz CT molecular complexity index is 162. The third-order valence-corrected chi connectivity index (χ3v) is 1.20. The van der Waals surface area contributed by atoms with Crippen molar-refractivity contribution in [2.75, 3.05) is 0 Å². The molecule has 1 aromatic heterocycles. The van der Waals surface area contributed by atoms with E-state index in [0.29, 0.717) is 13.1 Å². The smallest absolute Gasteiger partial charge is 0.0926 e. The first-order valence-corrected chi connectivity index (χ1v) is 2.79. The van der Waals surface area contributed by atoms with Crippen LogP contribution >= 0.6 is 0 Å². The van der Waals surface area contributed by atoms with Gasteiger partial charge < -0.3 is 16.5 Å². The Morgan fingerprint density at radius 3 is 2.67 bits per heavy atom. The van der Waals surface area contributed by atoms with Crippen LogP contribution in [-0.2, 0) is 13.1 Å². The number of imidazole rings is 1. The van der Waals surface area contributed by atoms with Crippen LogP contribution in [0.25, 0.3) is 0 Å². The normalized spacial score (nSPS) is 10.0. The van der Waals surface area contributed by atoms with E-state index in [1.54, 1.807) is 6.33 Å². The van der Waals surface area contributed by atoms with Crippen molar-refractivity contribution in [2.24, 2.45) is 11.5 Å². The number of aromatic amines is 1. The van der Waals surface area contributed by atoms with Gasteiger partial charge in [0.2, 0.25) is 0 Å². The SMILES string of the molecule is NCc1nc[nH]c1CN. The summed E-state index contributed by atoms with van der Waals surface area (Å²) >= 11 is 0. The monoisotopic (exact) mass is 126 g/mol. The van der Waals surface area contributed by atoms with Gasteiger partial charge in [0, 0.05) is 13.1 Å². The summed E-state index contributed by atoms with van der Waals surface area (Å²) in [5.41, 5.74) is 12.5. The highest BCUT2D eigenvalue weighted by molar-refractivity contribution is 5.09. The van der Waals surface area contributed by atoms with Crippen LogP contribution in [0, 0.1) is 0 Å². The zero-order valence-electron chi connectivity index (χ0n) is 5.09. The molecule has 0 aliphatic heterocycles. The van der Waals surface area contributed by atoms with E-state index < -0.39 is 0 Å². The molecule has 0 unspecified atom stereocenters. The van der Waals surface area contributed by atoms with Crippen LogP contribution in [0.3, 0.4) is 0 Å². The molecule has 0 aromatic carbocycles. The molecule has 1 aromatic rings. The number of H-pyrrole nitrogens is 1. The van der Waals surface area contributed by atoms with E-state index >= 15 is 0 Å². The molecule has 0 atom stereocenters. The van der Waals surface area contributed by atoms with Gasteiger partial charge in [-0.2, -0.15) is 0 Å². The van der Waals surface area contributed by atoms with Crippen LogP contribution in [0.15, 0.2) is 6.33 Å². The summed E-state index contributed by atoms with van der Waals surface area (Å²) in [4.78, 5) is 6.84. The van der Waals surface area contributed by atoms with Crippen LogP contribution < -0.4 is 11.5 Å². The minimum absolute atomic E-state index is 0.454. The molecular weight excluding hydrogens is 116 g/mol. The molecule has 0 fully saturated rings. The lowest BCUT2D eigenvalue weighted by Gasteiger charge is -1.92. The number of aromatic nitrogens is 2. The summed E-state index contributed by atoms with van der Waals surface area (Å²) < 4.78 is 0. The van der Waals surface area contributed by atoms with Gasteiger partial charge in [-0.15, -0.1) is 0 Å². The fourth-order valence-electron chi connectivity index (χ4n) is 0.702. The van der Waals surface area contributed by atoms with Gasteiger partial charge in [-0.1, -0.05) is 0 Å². The lowest BCUT2D eigenvalue weighted by atomic mass is 10.3. The predicted molar refractivity (Wildman–Crippen MR) is 34.4 cm³/mol. The Morgan fingerprint density at radius 2 is 2.22 bits per heavy atom. The number of nitrogens with one attached hydrogen (secondary N) is 1. The van der Waals surface area contributed by atoms with E-state index in [9.17, 15) is 0 Å². The first-order valence-electron chi connectivity index (χ1n) is 2.79. The second-order valence-electron chi connectivity index (χ2n) is 1.74. The summed E-state index contributed by atoms with van der Waals surface area (Å²) in [5.74, 6) is 0. The largest absolute Gasteiger partial charge is 0.347 e. The molecular formula is C5H10N4. The summed E-state index contributed by atoms with van der Waals surface area (Å²) in [6.07, 6.45) is 1.60. The third-order valence-electron chi connectivity index (χ3n) is 1.20. The Kier molecular flexibility index (Phi) is 1.81. The quantitative estimate of drug-likeness (QED) is 0.491. The molecule has 0 saturated heterocycles. The number of hydrogen-bond donors (Lipinski definition) is 3. The average molecular weight is 126 g/mol. The molecule has 0 aliphatic rings. The van der Waals surface area contributed by atoms with Crippen molar-refractivity contribution in [3.8, 4) is 0 Å². The van der Waals surface area contributed by atoms with Gasteiger partial charge in [-0.05, 0) is 0 Å². The molecule has 0 bridgehead atoms. The van der Waals surface area contributed by atoms with E-state index in [2.05, 4.69) is 9.97 Å². The van der Waals surface area contributed by atoms with E-state index in [1.807, 2.05) is 0 Å². The van der Waals surface area contributed by atoms with Crippen LogP contribution in [-0.4, -0.2) is 9.97 Å². The molecule has 4 heteroatoms. The van der Waals surface area contributed by atoms with Crippen molar-refractivity contribution in [1.29, 1.82) is 0 Å². The van der Waals surface area contributed by atoms with Crippen molar-refractivity contribution in [3.63, 3.8) is 0 Å². The van der Waals surface area contributed by atoms with Crippen LogP contribution in [0.5, 0.6) is 0 Å². The molecule has 9 heavy (non-hydrogen) atoms. The molecule has 0 radical (unpaired) electrons. The summed E-state index contributed by atoms with van der Waals surface area (Å²) in [7, 11) is 0. The molecule has 1 rings (SSSR count). The third kappa shape index (κ3) is 1.09. The highest BCUT2D eigenvalue weighted by atomic mass is 14.9. The van der Waals surface area contributed by atoms with Crippen LogP contribution in [0.4, 0.5) is 0 Å². The first-order chi connectivity index (χ1) is 4.38. The van der Waals surface area contributed by atoms with Gasteiger partial charge in [0.15, 0.2) is 0 Å². The minimum atomic E-state index is 0.454. The summed E-state index contributed by atoms with van der Waals surface area (Å²) in [5, 5.41) is 0. The summed E-state index contributed by atoms with van der Waals surface area (Å²) in [6.45, 7) is 0.933. The molecule has 0 aliphatic carbocycles. The number of nitrogens with zero attached hydrogens (tertiary/aromatic N) is 1. The highest BCUT2D eigenvalue weighted by Crippen LogP contribution is 1.98. The minimum Gasteiger partial charge on any atom is -0.347 e. The van der Waals surface area contributed by atoms with Gasteiger partial charge in [-0.3, -0.25) is 0 Å². The molecule has 1 heterocycles. The second kappa shape index (κ2) is 2.61. The van der Waals surface area contributed by atoms with Gasteiger partial charge in [0.25, 0.3) is 0 Å². The van der Waals surface area contributed by atoms with E-state index in [1.165, 1.54) is 0 Å². The fraction of sp³-hybridized carbons (Fsp3) is 0.400. The summed E-state index contributed by atoms with van der Waals surface area (Å²) in [6, 6.07) is 0. The van der Waals surface area contributed by atoms with Crippen molar-refractivity contribution < 1.29 is 0 Å². The number of rotatable bonds is 2. The van der Waals surface area contributed by atoms with Gasteiger partial charge in [0.05, 0.1) is 17.7 Å². The maximum atomic E-state index is 5.34. The zero-order valence-corrected chi connectivity index (χ0v) is 5.09. The maximum Gasteiger partial charge on any atom is 0.0926 e. The van der Waals surface area contributed by atoms with Crippen molar-refractivity contribution >= 4 is 0 Å². The number of nitrogens with two attached hydrogens (primary N) is 2. The molecule has 50 valence electrons. The lowest BCUT2D eigenvalue weighted by Crippen LogP contribution is -2.05. The van der Waals surface area contributed by atoms with Gasteiger partial charge in [-0.25, -0.2) is 4.98 Å². The highest BCUT2D eigenvalue weighted by Gasteiger charge is 1.98. The Labute approximate surface area is 53.3 Å². The van der Waals surface area contributed by atoms with E-state index in [-0.39, 0.29) is 0 Å². The second-order valence-corrected chi connectivity index (χ2v) is 1.74. The van der Waals surface area contributed by atoms with Crippen LogP contribution in [0.2, 0.25) is 0 Å². The fourth-order valence-corrected chi connectivity index (χ4v) is 0.702. The Morgan fingerprint density at radius 1 is 1.44 bits per heavy atom. The van der Waals surface area contributed by atoms with Gasteiger partial charge >= 0.3 is 0 Å². The molecule has 4 nitrogen and oxygen atoms in total. The molecule has 0 spiro atoms. The topological polar surface area (TPSA) is 80.7 Å². The van der Waals surface area contributed by atoms with Crippen LogP contribution in [0.1, 0.15) is 11.4 Å². The lowest BCUT2D eigenvalue weighted by molar-refractivity contribution is 0.931. The van der Waals surface area contributed by atoms with Crippen molar-refractivity contribution in [1.82, 2.24) is 9.97 Å². The number of hydrogen-bond acceptors (Lipinski definition) is 3.